The molecule has 1 aromatic heterocycles. The number of anilines is 2. The van der Waals surface area contributed by atoms with Gasteiger partial charge in [-0.25, -0.2) is 4.98 Å². The maximum absolute atomic E-state index is 6.73. The number of morpholine rings is 1. The van der Waals surface area contributed by atoms with Gasteiger partial charge in [-0.1, -0.05) is 30.3 Å². The van der Waals surface area contributed by atoms with Gasteiger partial charge in [-0.15, -0.1) is 11.3 Å². The van der Waals surface area contributed by atoms with Crippen LogP contribution >= 0.6 is 11.3 Å². The number of nitrogens with zero attached hydrogens (tertiary/aromatic N) is 2. The maximum Gasteiger partial charge on any atom is 0.146 e. The fraction of sp³-hybridized carbons (Fsp3) is 0.240. The Hall–Kier alpha value is -3.09. The third-order valence-electron chi connectivity index (χ3n) is 6.32. The topological polar surface area (TPSA) is 60.6 Å². The van der Waals surface area contributed by atoms with Gasteiger partial charge in [0.15, 0.2) is 0 Å². The van der Waals surface area contributed by atoms with Gasteiger partial charge in [0.05, 0.1) is 30.7 Å². The first kappa shape index (κ1) is 18.7. The van der Waals surface area contributed by atoms with E-state index < -0.39 is 0 Å². The maximum atomic E-state index is 6.73. The van der Waals surface area contributed by atoms with E-state index in [4.69, 9.17) is 20.2 Å². The van der Waals surface area contributed by atoms with Crippen molar-refractivity contribution in [3.8, 4) is 27.4 Å². The van der Waals surface area contributed by atoms with Crippen molar-refractivity contribution in [2.75, 3.05) is 44.0 Å². The molecule has 1 saturated heterocycles. The molecule has 0 radical (unpaired) electrons. The Kier molecular flexibility index (Phi) is 4.37. The fourth-order valence-corrected chi connectivity index (χ4v) is 5.89. The molecule has 3 aromatic carbocycles. The largest absolute Gasteiger partial charge is 0.494 e. The zero-order valence-electron chi connectivity index (χ0n) is 17.4. The SMILES string of the molecule is COc1ccc(N2CCOCC2)c2sc(-c3ccc4c(c3N)Cc3ccccc3-4)nc12. The Bertz CT molecular complexity index is 1310. The van der Waals surface area contributed by atoms with Crippen LogP contribution in [0.5, 0.6) is 5.75 Å². The summed E-state index contributed by atoms with van der Waals surface area (Å²) in [5, 5.41) is 0.935. The summed E-state index contributed by atoms with van der Waals surface area (Å²) < 4.78 is 12.3. The summed E-state index contributed by atoms with van der Waals surface area (Å²) in [5.41, 5.74) is 15.7. The summed E-state index contributed by atoms with van der Waals surface area (Å²) in [7, 11) is 1.70. The summed E-state index contributed by atoms with van der Waals surface area (Å²) >= 11 is 1.69. The summed E-state index contributed by atoms with van der Waals surface area (Å²) in [6.07, 6.45) is 0.873. The fourth-order valence-electron chi connectivity index (χ4n) is 4.72. The summed E-state index contributed by atoms with van der Waals surface area (Å²) in [5.74, 6) is 0.793. The van der Waals surface area contributed by atoms with Crippen LogP contribution < -0.4 is 15.4 Å². The van der Waals surface area contributed by atoms with Crippen molar-refractivity contribution >= 4 is 32.9 Å². The minimum absolute atomic E-state index is 0.748. The smallest absolute Gasteiger partial charge is 0.146 e. The highest BCUT2D eigenvalue weighted by molar-refractivity contribution is 7.22. The van der Waals surface area contributed by atoms with Crippen molar-refractivity contribution in [3.05, 3.63) is 59.7 Å². The van der Waals surface area contributed by atoms with Crippen LogP contribution in [0.4, 0.5) is 11.4 Å². The number of nitrogen functional groups attached to an aromatic ring is 1. The number of hydrogen-bond donors (Lipinski definition) is 1. The van der Waals surface area contributed by atoms with Crippen molar-refractivity contribution in [2.24, 2.45) is 0 Å². The third-order valence-corrected chi connectivity index (χ3v) is 7.43. The standard InChI is InChI=1S/C25H23N3O2S/c1-29-21-9-8-20(28-10-12-30-13-11-28)24-23(21)27-25(31-24)18-7-6-17-16-5-3-2-4-15(16)14-19(17)22(18)26/h2-9H,10-14,26H2,1H3. The van der Waals surface area contributed by atoms with E-state index in [1.807, 2.05) is 6.07 Å². The molecule has 1 fully saturated rings. The minimum Gasteiger partial charge on any atom is -0.494 e. The van der Waals surface area contributed by atoms with Crippen LogP contribution in [-0.4, -0.2) is 38.4 Å². The molecule has 0 saturated carbocycles. The van der Waals surface area contributed by atoms with Crippen LogP contribution in [-0.2, 0) is 11.2 Å². The first-order valence-corrected chi connectivity index (χ1v) is 11.4. The highest BCUT2D eigenvalue weighted by Gasteiger charge is 2.24. The molecule has 5 nitrogen and oxygen atoms in total. The summed E-state index contributed by atoms with van der Waals surface area (Å²) in [4.78, 5) is 7.37. The van der Waals surface area contributed by atoms with Gasteiger partial charge in [-0.05, 0) is 40.5 Å². The van der Waals surface area contributed by atoms with Crippen LogP contribution in [0, 0.1) is 0 Å². The van der Waals surface area contributed by atoms with Gasteiger partial charge >= 0.3 is 0 Å². The molecule has 0 amide bonds. The Morgan fingerprint density at radius 1 is 1.00 bits per heavy atom. The first-order valence-electron chi connectivity index (χ1n) is 10.5. The average molecular weight is 430 g/mol. The molecule has 0 spiro atoms. The molecule has 2 N–H and O–H groups in total. The molecule has 2 aliphatic rings. The predicted octanol–water partition coefficient (Wildman–Crippen LogP) is 4.96. The van der Waals surface area contributed by atoms with E-state index in [0.29, 0.717) is 0 Å². The number of methoxy groups -OCH3 is 1. The monoisotopic (exact) mass is 429 g/mol. The van der Waals surface area contributed by atoms with E-state index >= 15 is 0 Å². The minimum atomic E-state index is 0.748. The summed E-state index contributed by atoms with van der Waals surface area (Å²) in [6.45, 7) is 3.26. The molecule has 2 heterocycles. The molecule has 6 rings (SSSR count). The molecule has 0 atom stereocenters. The third kappa shape index (κ3) is 2.90. The van der Waals surface area contributed by atoms with Crippen molar-refractivity contribution in [1.82, 2.24) is 4.98 Å². The first-order chi connectivity index (χ1) is 15.2. The van der Waals surface area contributed by atoms with E-state index in [-0.39, 0.29) is 0 Å². The van der Waals surface area contributed by atoms with Gasteiger partial charge in [-0.2, -0.15) is 0 Å². The van der Waals surface area contributed by atoms with Crippen molar-refractivity contribution in [2.45, 2.75) is 6.42 Å². The lowest BCUT2D eigenvalue weighted by Gasteiger charge is -2.29. The lowest BCUT2D eigenvalue weighted by Crippen LogP contribution is -2.36. The Labute approximate surface area is 185 Å². The zero-order chi connectivity index (χ0) is 20.9. The molecule has 156 valence electrons. The summed E-state index contributed by atoms with van der Waals surface area (Å²) in [6, 6.07) is 17.0. The van der Waals surface area contributed by atoms with Gasteiger partial charge in [-0.3, -0.25) is 0 Å². The van der Waals surface area contributed by atoms with Gasteiger partial charge in [0.2, 0.25) is 0 Å². The van der Waals surface area contributed by atoms with Crippen molar-refractivity contribution in [3.63, 3.8) is 0 Å². The molecule has 31 heavy (non-hydrogen) atoms. The lowest BCUT2D eigenvalue weighted by atomic mass is 10.0. The lowest BCUT2D eigenvalue weighted by molar-refractivity contribution is 0.123. The Morgan fingerprint density at radius 3 is 2.65 bits per heavy atom. The highest BCUT2D eigenvalue weighted by Crippen LogP contribution is 2.46. The predicted molar refractivity (Wildman–Crippen MR) is 127 cm³/mol. The van der Waals surface area contributed by atoms with E-state index in [9.17, 15) is 0 Å². The average Bonchev–Trinajstić information content (AvgIpc) is 3.42. The van der Waals surface area contributed by atoms with E-state index in [1.165, 1.54) is 27.9 Å². The molecular formula is C25H23N3O2S. The second-order valence-corrected chi connectivity index (χ2v) is 8.97. The highest BCUT2D eigenvalue weighted by atomic mass is 32.1. The van der Waals surface area contributed by atoms with E-state index in [1.54, 1.807) is 18.4 Å². The number of fused-ring (bicyclic) bond motifs is 4. The normalized spacial score (nSPS) is 15.2. The number of thiazole rings is 1. The second-order valence-electron chi connectivity index (χ2n) is 7.97. The van der Waals surface area contributed by atoms with Crippen LogP contribution in [0.25, 0.3) is 31.9 Å². The number of hydrogen-bond acceptors (Lipinski definition) is 6. The van der Waals surface area contributed by atoms with Gasteiger partial charge in [0.25, 0.3) is 0 Å². The number of aromatic nitrogens is 1. The van der Waals surface area contributed by atoms with Crippen LogP contribution in [0.2, 0.25) is 0 Å². The molecule has 1 aliphatic heterocycles. The molecule has 0 bridgehead atoms. The Balaban J connectivity index is 1.49. The van der Waals surface area contributed by atoms with Gasteiger partial charge < -0.3 is 20.1 Å². The van der Waals surface area contributed by atoms with Crippen LogP contribution in [0.1, 0.15) is 11.1 Å². The second kappa shape index (κ2) is 7.25. The zero-order valence-corrected chi connectivity index (χ0v) is 18.2. The number of ether oxygens (including phenoxy) is 2. The van der Waals surface area contributed by atoms with Gasteiger partial charge in [0.1, 0.15) is 16.3 Å². The van der Waals surface area contributed by atoms with Gasteiger partial charge in [0, 0.05) is 30.8 Å². The quantitative estimate of drug-likeness (QED) is 0.411. The molecular weight excluding hydrogens is 406 g/mol. The Morgan fingerprint density at radius 2 is 1.81 bits per heavy atom. The number of benzene rings is 3. The number of nitrogens with two attached hydrogens (primary N) is 1. The number of rotatable bonds is 3. The van der Waals surface area contributed by atoms with Crippen molar-refractivity contribution < 1.29 is 9.47 Å². The molecule has 1 aliphatic carbocycles. The van der Waals surface area contributed by atoms with E-state index in [2.05, 4.69) is 47.4 Å². The molecule has 4 aromatic rings. The van der Waals surface area contributed by atoms with Crippen LogP contribution in [0.3, 0.4) is 0 Å². The van der Waals surface area contributed by atoms with Crippen LogP contribution in [0.15, 0.2) is 48.5 Å². The molecule has 6 heteroatoms. The van der Waals surface area contributed by atoms with E-state index in [0.717, 1.165) is 64.9 Å². The molecule has 0 unspecified atom stereocenters. The van der Waals surface area contributed by atoms with Crippen molar-refractivity contribution in [1.29, 1.82) is 0 Å².